The highest BCUT2D eigenvalue weighted by Gasteiger charge is 2.12. The highest BCUT2D eigenvalue weighted by molar-refractivity contribution is 6.32. The first kappa shape index (κ1) is 14.3. The van der Waals surface area contributed by atoms with Crippen LogP contribution in [0.2, 0.25) is 5.02 Å². The molecule has 0 aliphatic heterocycles. The summed E-state index contributed by atoms with van der Waals surface area (Å²) in [6.07, 6.45) is -0.550. The Bertz CT molecular complexity index is 350. The van der Waals surface area contributed by atoms with E-state index < -0.39 is 6.10 Å². The van der Waals surface area contributed by atoms with Gasteiger partial charge in [-0.2, -0.15) is 0 Å². The molecule has 3 nitrogen and oxygen atoms in total. The summed E-state index contributed by atoms with van der Waals surface area (Å²) in [4.78, 5) is 0. The number of ether oxygens (including phenoxy) is 1. The molecule has 0 saturated heterocycles. The molecule has 0 amide bonds. The van der Waals surface area contributed by atoms with Gasteiger partial charge in [0.2, 0.25) is 0 Å². The highest BCUT2D eigenvalue weighted by atomic mass is 35.5. The van der Waals surface area contributed by atoms with Crippen LogP contribution in [-0.2, 0) is 0 Å². The lowest BCUT2D eigenvalue weighted by atomic mass is 10.1. The average Bonchev–Trinajstić information content (AvgIpc) is 2.24. The van der Waals surface area contributed by atoms with Gasteiger partial charge in [-0.15, -0.1) is 0 Å². The zero-order chi connectivity index (χ0) is 12.9. The Hall–Kier alpha value is -0.770. The Labute approximate surface area is 108 Å². The molecule has 0 heterocycles. The molecule has 1 atom stereocenters. The summed E-state index contributed by atoms with van der Waals surface area (Å²) in [5, 5.41) is 13.5. The maximum atomic E-state index is 9.73. The fourth-order valence-electron chi connectivity index (χ4n) is 1.23. The number of hydrogen-bond donors (Lipinski definition) is 2. The third kappa shape index (κ3) is 5.91. The van der Waals surface area contributed by atoms with Crippen molar-refractivity contribution in [3.05, 3.63) is 29.3 Å². The number of β-amino-alcohol motifs (C(OH)–C–C–N with tert-alkyl or cyclic N) is 1. The van der Waals surface area contributed by atoms with E-state index in [0.717, 1.165) is 0 Å². The summed E-state index contributed by atoms with van der Waals surface area (Å²) in [5.41, 5.74) is -0.00856. The first-order valence-electron chi connectivity index (χ1n) is 5.69. The van der Waals surface area contributed by atoms with Gasteiger partial charge >= 0.3 is 0 Å². The number of hydrogen-bond acceptors (Lipinski definition) is 3. The van der Waals surface area contributed by atoms with Gasteiger partial charge in [0.25, 0.3) is 0 Å². The lowest BCUT2D eigenvalue weighted by Crippen LogP contribution is -2.42. The molecule has 1 rings (SSSR count). The number of benzene rings is 1. The Morgan fingerprint density at radius 3 is 2.59 bits per heavy atom. The molecule has 1 aromatic carbocycles. The number of nitrogens with one attached hydrogen (secondary N) is 1. The third-order valence-electron chi connectivity index (χ3n) is 2.14. The quantitative estimate of drug-likeness (QED) is 0.852. The van der Waals surface area contributed by atoms with Crippen LogP contribution in [0.4, 0.5) is 0 Å². The van der Waals surface area contributed by atoms with Gasteiger partial charge in [-0.1, -0.05) is 23.7 Å². The number of halogens is 1. The largest absolute Gasteiger partial charge is 0.489 e. The van der Waals surface area contributed by atoms with Crippen molar-refractivity contribution in [3.63, 3.8) is 0 Å². The van der Waals surface area contributed by atoms with Crippen LogP contribution in [0.15, 0.2) is 24.3 Å². The van der Waals surface area contributed by atoms with E-state index in [1.54, 1.807) is 12.1 Å². The van der Waals surface area contributed by atoms with Gasteiger partial charge < -0.3 is 15.2 Å². The normalized spacial score (nSPS) is 13.5. The third-order valence-corrected chi connectivity index (χ3v) is 2.45. The zero-order valence-electron chi connectivity index (χ0n) is 10.5. The van der Waals surface area contributed by atoms with Crippen LogP contribution in [0, 0.1) is 0 Å². The molecule has 4 heteroatoms. The number of para-hydroxylation sites is 1. The second-order valence-corrected chi connectivity index (χ2v) is 5.43. The van der Waals surface area contributed by atoms with Gasteiger partial charge in [0, 0.05) is 12.1 Å². The lowest BCUT2D eigenvalue weighted by Gasteiger charge is -2.23. The summed E-state index contributed by atoms with van der Waals surface area (Å²) in [7, 11) is 0. The van der Waals surface area contributed by atoms with E-state index in [0.29, 0.717) is 17.3 Å². The van der Waals surface area contributed by atoms with Crippen LogP contribution >= 0.6 is 11.6 Å². The topological polar surface area (TPSA) is 41.5 Å². The van der Waals surface area contributed by atoms with Crippen LogP contribution in [0.25, 0.3) is 0 Å². The van der Waals surface area contributed by atoms with E-state index in [9.17, 15) is 5.11 Å². The van der Waals surface area contributed by atoms with Crippen molar-refractivity contribution >= 4 is 11.6 Å². The maximum absolute atomic E-state index is 9.73. The summed E-state index contributed by atoms with van der Waals surface area (Å²) in [6.45, 7) is 6.87. The highest BCUT2D eigenvalue weighted by Crippen LogP contribution is 2.23. The standard InChI is InChI=1S/C13H20ClNO2/c1-13(2,3)15-8-10(16)9-17-12-7-5-4-6-11(12)14/h4-7,10,15-16H,8-9H2,1-3H3. The Morgan fingerprint density at radius 1 is 1.35 bits per heavy atom. The molecule has 0 bridgehead atoms. The minimum atomic E-state index is -0.550. The minimum absolute atomic E-state index is 0.00856. The predicted octanol–water partition coefficient (Wildman–Crippen LogP) is 2.47. The van der Waals surface area contributed by atoms with E-state index in [2.05, 4.69) is 26.1 Å². The van der Waals surface area contributed by atoms with Crippen molar-refractivity contribution in [1.82, 2.24) is 5.32 Å². The molecule has 0 radical (unpaired) electrons. The van der Waals surface area contributed by atoms with Crippen LogP contribution in [0.1, 0.15) is 20.8 Å². The van der Waals surface area contributed by atoms with Gasteiger partial charge in [0.05, 0.1) is 5.02 Å². The predicted molar refractivity (Wildman–Crippen MR) is 70.7 cm³/mol. The summed E-state index contributed by atoms with van der Waals surface area (Å²) in [6, 6.07) is 7.23. The van der Waals surface area contributed by atoms with Crippen molar-refractivity contribution in [2.45, 2.75) is 32.4 Å². The molecule has 0 aromatic heterocycles. The first-order chi connectivity index (χ1) is 7.88. The molecule has 96 valence electrons. The Kier molecular flexibility index (Phi) is 5.25. The fraction of sp³-hybridized carbons (Fsp3) is 0.538. The molecule has 0 aliphatic rings. The van der Waals surface area contributed by atoms with Gasteiger partial charge in [-0.3, -0.25) is 0 Å². The molecule has 17 heavy (non-hydrogen) atoms. The molecule has 2 N–H and O–H groups in total. The van der Waals surface area contributed by atoms with Gasteiger partial charge in [-0.25, -0.2) is 0 Å². The second-order valence-electron chi connectivity index (χ2n) is 5.03. The van der Waals surface area contributed by atoms with Crippen molar-refractivity contribution < 1.29 is 9.84 Å². The summed E-state index contributed by atoms with van der Waals surface area (Å²) >= 11 is 5.94. The van der Waals surface area contributed by atoms with Gasteiger partial charge in [-0.05, 0) is 32.9 Å². The van der Waals surface area contributed by atoms with Crippen molar-refractivity contribution in [2.24, 2.45) is 0 Å². The Morgan fingerprint density at radius 2 is 2.00 bits per heavy atom. The first-order valence-corrected chi connectivity index (χ1v) is 6.07. The molecule has 0 saturated carbocycles. The van der Waals surface area contributed by atoms with Crippen molar-refractivity contribution in [2.75, 3.05) is 13.2 Å². The van der Waals surface area contributed by atoms with Crippen molar-refractivity contribution in [1.29, 1.82) is 0 Å². The van der Waals surface area contributed by atoms with Crippen LogP contribution in [-0.4, -0.2) is 29.9 Å². The number of rotatable bonds is 5. The van der Waals surface area contributed by atoms with Gasteiger partial charge in [0.1, 0.15) is 18.5 Å². The van der Waals surface area contributed by atoms with Crippen LogP contribution < -0.4 is 10.1 Å². The molecular formula is C13H20ClNO2. The fourth-order valence-corrected chi connectivity index (χ4v) is 1.42. The van der Waals surface area contributed by atoms with E-state index in [1.807, 2.05) is 12.1 Å². The molecular weight excluding hydrogens is 238 g/mol. The van der Waals surface area contributed by atoms with Crippen molar-refractivity contribution in [3.8, 4) is 5.75 Å². The zero-order valence-corrected chi connectivity index (χ0v) is 11.3. The van der Waals surface area contributed by atoms with E-state index in [4.69, 9.17) is 16.3 Å². The molecule has 1 aromatic rings. The molecule has 0 fully saturated rings. The number of aliphatic hydroxyl groups is 1. The summed E-state index contributed by atoms with van der Waals surface area (Å²) in [5.74, 6) is 0.601. The van der Waals surface area contributed by atoms with E-state index in [1.165, 1.54) is 0 Å². The minimum Gasteiger partial charge on any atom is -0.489 e. The number of aliphatic hydroxyl groups excluding tert-OH is 1. The molecule has 0 spiro atoms. The molecule has 1 unspecified atom stereocenters. The van der Waals surface area contributed by atoms with E-state index in [-0.39, 0.29) is 12.1 Å². The SMILES string of the molecule is CC(C)(C)NCC(O)COc1ccccc1Cl. The Balaban J connectivity index is 2.34. The second kappa shape index (κ2) is 6.24. The lowest BCUT2D eigenvalue weighted by molar-refractivity contribution is 0.100. The molecule has 0 aliphatic carbocycles. The van der Waals surface area contributed by atoms with Gasteiger partial charge in [0.15, 0.2) is 0 Å². The average molecular weight is 258 g/mol. The van der Waals surface area contributed by atoms with Crippen LogP contribution in [0.3, 0.4) is 0 Å². The smallest absolute Gasteiger partial charge is 0.138 e. The maximum Gasteiger partial charge on any atom is 0.138 e. The monoisotopic (exact) mass is 257 g/mol. The van der Waals surface area contributed by atoms with Crippen LogP contribution in [0.5, 0.6) is 5.75 Å². The summed E-state index contributed by atoms with van der Waals surface area (Å²) < 4.78 is 5.44. The van der Waals surface area contributed by atoms with E-state index >= 15 is 0 Å².